The Kier molecular flexibility index (Phi) is 2.66. The molecule has 0 aromatic carbocycles. The van der Waals surface area contributed by atoms with E-state index in [1.165, 1.54) is 0 Å². The van der Waals surface area contributed by atoms with Gasteiger partial charge in [0.2, 0.25) is 0 Å². The molecule has 3 nitrogen and oxygen atoms in total. The molecule has 13 heavy (non-hydrogen) atoms. The molecule has 0 radical (unpaired) electrons. The fourth-order valence-electron chi connectivity index (χ4n) is 1.83. The lowest BCUT2D eigenvalue weighted by atomic mass is 9.87. The first kappa shape index (κ1) is 10.5. The van der Waals surface area contributed by atoms with E-state index in [1.807, 2.05) is 13.8 Å². The van der Waals surface area contributed by atoms with E-state index in [-0.39, 0.29) is 11.5 Å². The smallest absolute Gasteiger partial charge is 0.326 e. The molecule has 1 rings (SSSR count). The van der Waals surface area contributed by atoms with Gasteiger partial charge in [-0.25, -0.2) is 0 Å². The van der Waals surface area contributed by atoms with Crippen molar-refractivity contribution in [2.45, 2.75) is 51.6 Å². The van der Waals surface area contributed by atoms with E-state index < -0.39 is 5.54 Å². The van der Waals surface area contributed by atoms with E-state index in [0.29, 0.717) is 6.61 Å². The number of hydrogen-bond acceptors (Lipinski definition) is 3. The Morgan fingerprint density at radius 3 is 2.31 bits per heavy atom. The zero-order valence-electron chi connectivity index (χ0n) is 8.94. The van der Waals surface area contributed by atoms with Gasteiger partial charge in [-0.1, -0.05) is 13.8 Å². The Morgan fingerprint density at radius 2 is 1.92 bits per heavy atom. The minimum Gasteiger partial charge on any atom is -0.462 e. The van der Waals surface area contributed by atoms with Gasteiger partial charge in [-0.3, -0.25) is 10.1 Å². The molecule has 0 unspecified atom stereocenters. The van der Waals surface area contributed by atoms with Gasteiger partial charge in [-0.2, -0.15) is 0 Å². The molecular weight excluding hydrogens is 166 g/mol. The predicted molar refractivity (Wildman–Crippen MR) is 51.5 cm³/mol. The number of hydrogen-bond donors (Lipinski definition) is 1. The largest absolute Gasteiger partial charge is 0.462 e. The molecule has 3 heteroatoms. The molecule has 1 fully saturated rings. The lowest BCUT2D eigenvalue weighted by Crippen LogP contribution is -2.66. The van der Waals surface area contributed by atoms with E-state index in [9.17, 15) is 4.79 Å². The summed E-state index contributed by atoms with van der Waals surface area (Å²) in [5.74, 6) is -0.100. The van der Waals surface area contributed by atoms with Gasteiger partial charge in [-0.05, 0) is 26.7 Å². The van der Waals surface area contributed by atoms with Crippen molar-refractivity contribution in [2.24, 2.45) is 0 Å². The maximum absolute atomic E-state index is 11.6. The summed E-state index contributed by atoms with van der Waals surface area (Å²) in [4.78, 5) is 11.6. The van der Waals surface area contributed by atoms with Gasteiger partial charge >= 0.3 is 5.97 Å². The third kappa shape index (κ3) is 1.85. The number of carbonyl (C=O) groups is 1. The maximum atomic E-state index is 11.6. The number of morpholine rings is 1. The van der Waals surface area contributed by atoms with Crippen LogP contribution in [0.2, 0.25) is 0 Å². The molecule has 0 aromatic heterocycles. The van der Waals surface area contributed by atoms with Crippen molar-refractivity contribution in [2.75, 3.05) is 6.61 Å². The second-order valence-electron chi connectivity index (χ2n) is 4.37. The summed E-state index contributed by atoms with van der Waals surface area (Å²) >= 11 is 0. The van der Waals surface area contributed by atoms with Gasteiger partial charge in [0.25, 0.3) is 0 Å². The average molecular weight is 185 g/mol. The summed E-state index contributed by atoms with van der Waals surface area (Å²) in [5.41, 5.74) is -0.554. The normalized spacial score (nSPS) is 25.4. The van der Waals surface area contributed by atoms with Crippen molar-refractivity contribution >= 4 is 5.97 Å². The number of carbonyl (C=O) groups excluding carboxylic acids is 1. The van der Waals surface area contributed by atoms with E-state index in [4.69, 9.17) is 4.74 Å². The molecule has 0 spiro atoms. The standard InChI is InChI=1S/C10H19NO2/c1-5-10(6-2)8(12)13-7-9(3,4)11-10/h11H,5-7H2,1-4H3. The van der Waals surface area contributed by atoms with Crippen LogP contribution in [-0.2, 0) is 9.53 Å². The topological polar surface area (TPSA) is 38.3 Å². The lowest BCUT2D eigenvalue weighted by Gasteiger charge is -2.43. The van der Waals surface area contributed by atoms with Gasteiger partial charge in [0.15, 0.2) is 0 Å². The van der Waals surface area contributed by atoms with E-state index in [2.05, 4.69) is 19.2 Å². The molecule has 76 valence electrons. The number of esters is 1. The molecule has 1 aliphatic heterocycles. The highest BCUT2D eigenvalue weighted by Crippen LogP contribution is 2.25. The van der Waals surface area contributed by atoms with E-state index in [1.54, 1.807) is 0 Å². The average Bonchev–Trinajstić information content (AvgIpc) is 2.09. The molecule has 0 aliphatic carbocycles. The molecule has 1 aliphatic rings. The van der Waals surface area contributed by atoms with Crippen LogP contribution in [0.25, 0.3) is 0 Å². The summed E-state index contributed by atoms with van der Waals surface area (Å²) in [6.07, 6.45) is 1.57. The van der Waals surface area contributed by atoms with Crippen LogP contribution in [0, 0.1) is 0 Å². The monoisotopic (exact) mass is 185 g/mol. The van der Waals surface area contributed by atoms with Crippen LogP contribution < -0.4 is 5.32 Å². The summed E-state index contributed by atoms with van der Waals surface area (Å²) in [5, 5.41) is 3.38. The van der Waals surface area contributed by atoms with Crippen molar-refractivity contribution in [3.63, 3.8) is 0 Å². The van der Waals surface area contributed by atoms with Gasteiger partial charge in [-0.15, -0.1) is 0 Å². The van der Waals surface area contributed by atoms with E-state index in [0.717, 1.165) is 12.8 Å². The summed E-state index contributed by atoms with van der Waals surface area (Å²) < 4.78 is 5.19. The zero-order chi connectivity index (χ0) is 10.1. The van der Waals surface area contributed by atoms with Crippen molar-refractivity contribution in [1.29, 1.82) is 0 Å². The third-order valence-corrected chi connectivity index (χ3v) is 2.74. The van der Waals surface area contributed by atoms with Gasteiger partial charge in [0.05, 0.1) is 0 Å². The molecular formula is C10H19NO2. The molecule has 1 saturated heterocycles. The fourth-order valence-corrected chi connectivity index (χ4v) is 1.83. The first-order chi connectivity index (χ1) is 5.96. The third-order valence-electron chi connectivity index (χ3n) is 2.74. The lowest BCUT2D eigenvalue weighted by molar-refractivity contribution is -0.163. The summed E-state index contributed by atoms with van der Waals surface area (Å²) in [7, 11) is 0. The Balaban J connectivity index is 2.86. The van der Waals surface area contributed by atoms with Gasteiger partial charge in [0.1, 0.15) is 12.1 Å². The van der Waals surface area contributed by atoms with Crippen molar-refractivity contribution in [3.05, 3.63) is 0 Å². The molecule has 0 aromatic rings. The zero-order valence-corrected chi connectivity index (χ0v) is 8.94. The summed E-state index contributed by atoms with van der Waals surface area (Å²) in [6.45, 7) is 8.60. The Morgan fingerprint density at radius 1 is 1.38 bits per heavy atom. The van der Waals surface area contributed by atoms with Crippen LogP contribution in [-0.4, -0.2) is 23.7 Å². The molecule has 0 saturated carbocycles. The Labute approximate surface area is 79.8 Å². The highest BCUT2D eigenvalue weighted by atomic mass is 16.5. The summed E-state index contributed by atoms with van der Waals surface area (Å²) in [6, 6.07) is 0. The van der Waals surface area contributed by atoms with Gasteiger partial charge < -0.3 is 4.74 Å². The molecule has 0 atom stereocenters. The first-order valence-electron chi connectivity index (χ1n) is 4.92. The number of nitrogens with one attached hydrogen (secondary N) is 1. The van der Waals surface area contributed by atoms with Crippen molar-refractivity contribution < 1.29 is 9.53 Å². The molecule has 1 heterocycles. The van der Waals surface area contributed by atoms with Crippen LogP contribution in [0.4, 0.5) is 0 Å². The van der Waals surface area contributed by atoms with Crippen LogP contribution in [0.5, 0.6) is 0 Å². The second-order valence-corrected chi connectivity index (χ2v) is 4.37. The molecule has 0 amide bonds. The highest BCUT2D eigenvalue weighted by Gasteiger charge is 2.45. The maximum Gasteiger partial charge on any atom is 0.326 e. The highest BCUT2D eigenvalue weighted by molar-refractivity contribution is 5.81. The molecule has 1 N–H and O–H groups in total. The second kappa shape index (κ2) is 3.29. The first-order valence-corrected chi connectivity index (χ1v) is 4.92. The number of ether oxygens (including phenoxy) is 1. The number of rotatable bonds is 2. The minimum atomic E-state index is -0.457. The van der Waals surface area contributed by atoms with Crippen molar-refractivity contribution in [1.82, 2.24) is 5.32 Å². The van der Waals surface area contributed by atoms with Crippen molar-refractivity contribution in [3.8, 4) is 0 Å². The molecule has 0 bridgehead atoms. The van der Waals surface area contributed by atoms with E-state index >= 15 is 0 Å². The van der Waals surface area contributed by atoms with Crippen LogP contribution in [0.15, 0.2) is 0 Å². The van der Waals surface area contributed by atoms with Crippen LogP contribution >= 0.6 is 0 Å². The SMILES string of the molecule is CCC1(CC)NC(C)(C)COC1=O. The minimum absolute atomic E-state index is 0.0973. The quantitative estimate of drug-likeness (QED) is 0.662. The fraction of sp³-hybridized carbons (Fsp3) is 0.900. The number of cyclic esters (lactones) is 1. The Hall–Kier alpha value is -0.570. The van der Waals surface area contributed by atoms with Crippen LogP contribution in [0.1, 0.15) is 40.5 Å². The van der Waals surface area contributed by atoms with Crippen LogP contribution in [0.3, 0.4) is 0 Å². The predicted octanol–water partition coefficient (Wildman–Crippen LogP) is 1.47. The Bertz CT molecular complexity index is 207. The van der Waals surface area contributed by atoms with Gasteiger partial charge in [0, 0.05) is 5.54 Å².